The SMILES string of the molecule is CNCC(=O)NCCc1cc(Cl)c(C)cc1OC. The maximum Gasteiger partial charge on any atom is 0.233 e. The molecule has 100 valence electrons. The summed E-state index contributed by atoms with van der Waals surface area (Å²) in [5.41, 5.74) is 1.98. The number of rotatable bonds is 6. The number of likely N-dealkylation sites (N-methyl/N-ethyl adjacent to an activating group) is 1. The third-order valence-corrected chi connectivity index (χ3v) is 3.02. The lowest BCUT2D eigenvalue weighted by atomic mass is 10.1. The average Bonchev–Trinajstić information content (AvgIpc) is 2.33. The van der Waals surface area contributed by atoms with Crippen LogP contribution in [0.3, 0.4) is 0 Å². The van der Waals surface area contributed by atoms with Crippen LogP contribution in [0.25, 0.3) is 0 Å². The van der Waals surface area contributed by atoms with Crippen LogP contribution < -0.4 is 15.4 Å². The van der Waals surface area contributed by atoms with Crippen molar-refractivity contribution in [2.75, 3.05) is 27.2 Å². The van der Waals surface area contributed by atoms with Crippen molar-refractivity contribution in [2.24, 2.45) is 0 Å². The Balaban J connectivity index is 2.61. The van der Waals surface area contributed by atoms with Crippen molar-refractivity contribution < 1.29 is 9.53 Å². The monoisotopic (exact) mass is 270 g/mol. The predicted molar refractivity (Wildman–Crippen MR) is 73.4 cm³/mol. The van der Waals surface area contributed by atoms with Gasteiger partial charge in [-0.25, -0.2) is 0 Å². The van der Waals surface area contributed by atoms with Crippen LogP contribution in [0.15, 0.2) is 12.1 Å². The summed E-state index contributed by atoms with van der Waals surface area (Å²) in [7, 11) is 3.37. The number of hydrogen-bond donors (Lipinski definition) is 2. The van der Waals surface area contributed by atoms with Gasteiger partial charge in [0.05, 0.1) is 13.7 Å². The van der Waals surface area contributed by atoms with Gasteiger partial charge in [0, 0.05) is 11.6 Å². The maximum absolute atomic E-state index is 11.3. The van der Waals surface area contributed by atoms with E-state index in [2.05, 4.69) is 10.6 Å². The van der Waals surface area contributed by atoms with E-state index >= 15 is 0 Å². The maximum atomic E-state index is 11.3. The zero-order chi connectivity index (χ0) is 13.5. The molecule has 1 rings (SSSR count). The summed E-state index contributed by atoms with van der Waals surface area (Å²) in [5.74, 6) is 0.787. The van der Waals surface area contributed by atoms with Crippen LogP contribution in [0.2, 0.25) is 5.02 Å². The highest BCUT2D eigenvalue weighted by Crippen LogP contribution is 2.26. The lowest BCUT2D eigenvalue weighted by Gasteiger charge is -2.11. The molecule has 18 heavy (non-hydrogen) atoms. The van der Waals surface area contributed by atoms with Gasteiger partial charge < -0.3 is 15.4 Å². The fraction of sp³-hybridized carbons (Fsp3) is 0.462. The van der Waals surface area contributed by atoms with Crippen LogP contribution in [0.1, 0.15) is 11.1 Å². The molecule has 0 heterocycles. The van der Waals surface area contributed by atoms with Gasteiger partial charge in [-0.1, -0.05) is 11.6 Å². The number of halogens is 1. The van der Waals surface area contributed by atoms with Crippen molar-refractivity contribution in [3.63, 3.8) is 0 Å². The fourth-order valence-corrected chi connectivity index (χ4v) is 1.83. The number of carbonyl (C=O) groups excluding carboxylic acids is 1. The summed E-state index contributed by atoms with van der Waals surface area (Å²) in [5, 5.41) is 6.33. The Hall–Kier alpha value is -1.26. The average molecular weight is 271 g/mol. The number of aryl methyl sites for hydroxylation is 1. The van der Waals surface area contributed by atoms with Gasteiger partial charge in [-0.05, 0) is 43.7 Å². The molecule has 0 unspecified atom stereocenters. The second-order valence-corrected chi connectivity index (χ2v) is 4.45. The topological polar surface area (TPSA) is 50.4 Å². The largest absolute Gasteiger partial charge is 0.496 e. The van der Waals surface area contributed by atoms with E-state index in [9.17, 15) is 4.79 Å². The van der Waals surface area contributed by atoms with Crippen LogP contribution in [-0.2, 0) is 11.2 Å². The Morgan fingerprint density at radius 2 is 2.17 bits per heavy atom. The van der Waals surface area contributed by atoms with E-state index in [0.29, 0.717) is 24.5 Å². The molecular weight excluding hydrogens is 252 g/mol. The molecule has 0 aliphatic rings. The number of carbonyl (C=O) groups is 1. The smallest absolute Gasteiger partial charge is 0.233 e. The van der Waals surface area contributed by atoms with Crippen LogP contribution >= 0.6 is 11.6 Å². The first kappa shape index (κ1) is 14.8. The first-order valence-electron chi connectivity index (χ1n) is 5.82. The summed E-state index contributed by atoms with van der Waals surface area (Å²) in [6.45, 7) is 2.82. The van der Waals surface area contributed by atoms with Crippen LogP contribution in [0, 0.1) is 6.92 Å². The van der Waals surface area contributed by atoms with Crippen molar-refractivity contribution in [3.8, 4) is 5.75 Å². The first-order chi connectivity index (χ1) is 8.58. The molecule has 0 atom stereocenters. The minimum absolute atomic E-state index is 0.0188. The number of benzene rings is 1. The molecule has 0 saturated carbocycles. The van der Waals surface area contributed by atoms with Gasteiger partial charge in [-0.15, -0.1) is 0 Å². The van der Waals surface area contributed by atoms with E-state index in [1.54, 1.807) is 14.2 Å². The van der Waals surface area contributed by atoms with Crippen molar-refractivity contribution in [2.45, 2.75) is 13.3 Å². The van der Waals surface area contributed by atoms with Crippen LogP contribution in [0.4, 0.5) is 0 Å². The molecule has 0 fully saturated rings. The lowest BCUT2D eigenvalue weighted by molar-refractivity contribution is -0.120. The number of ether oxygens (including phenoxy) is 1. The first-order valence-corrected chi connectivity index (χ1v) is 6.20. The van der Waals surface area contributed by atoms with E-state index in [0.717, 1.165) is 16.9 Å². The van der Waals surface area contributed by atoms with E-state index in [1.165, 1.54) is 0 Å². The zero-order valence-corrected chi connectivity index (χ0v) is 11.7. The Labute approximate surface area is 113 Å². The normalized spacial score (nSPS) is 10.2. The van der Waals surface area contributed by atoms with E-state index in [-0.39, 0.29) is 5.91 Å². The highest BCUT2D eigenvalue weighted by atomic mass is 35.5. The minimum Gasteiger partial charge on any atom is -0.496 e. The molecular formula is C13H19ClN2O2. The molecule has 0 radical (unpaired) electrons. The van der Waals surface area contributed by atoms with Crippen LogP contribution in [0.5, 0.6) is 5.75 Å². The van der Waals surface area contributed by atoms with Gasteiger partial charge in [0.15, 0.2) is 0 Å². The predicted octanol–water partition coefficient (Wildman–Crippen LogP) is 1.54. The highest BCUT2D eigenvalue weighted by Gasteiger charge is 2.07. The molecule has 4 nitrogen and oxygen atoms in total. The second kappa shape index (κ2) is 7.24. The second-order valence-electron chi connectivity index (χ2n) is 4.04. The standard InChI is InChI=1S/C13H19ClN2O2/c1-9-6-12(18-3)10(7-11(9)14)4-5-16-13(17)8-15-2/h6-7,15H,4-5,8H2,1-3H3,(H,16,17). The number of amides is 1. The third-order valence-electron chi connectivity index (χ3n) is 2.62. The fourth-order valence-electron chi connectivity index (χ4n) is 1.64. The van der Waals surface area contributed by atoms with Crippen LogP contribution in [-0.4, -0.2) is 33.2 Å². The summed E-state index contributed by atoms with van der Waals surface area (Å²) >= 11 is 6.08. The Bertz CT molecular complexity index is 422. The van der Waals surface area contributed by atoms with Gasteiger partial charge >= 0.3 is 0 Å². The lowest BCUT2D eigenvalue weighted by Crippen LogP contribution is -2.33. The van der Waals surface area contributed by atoms with Gasteiger partial charge in [0.25, 0.3) is 0 Å². The van der Waals surface area contributed by atoms with Crippen molar-refractivity contribution in [3.05, 3.63) is 28.3 Å². The summed E-state index contributed by atoms with van der Waals surface area (Å²) in [6, 6.07) is 3.80. The highest BCUT2D eigenvalue weighted by molar-refractivity contribution is 6.31. The molecule has 0 aliphatic heterocycles. The molecule has 1 amide bonds. The molecule has 2 N–H and O–H groups in total. The molecule has 0 aliphatic carbocycles. The van der Waals surface area contributed by atoms with Gasteiger partial charge in [0.2, 0.25) is 5.91 Å². The van der Waals surface area contributed by atoms with Crippen molar-refractivity contribution in [1.29, 1.82) is 0 Å². The van der Waals surface area contributed by atoms with E-state index < -0.39 is 0 Å². The minimum atomic E-state index is -0.0188. The Morgan fingerprint density at radius 1 is 1.44 bits per heavy atom. The molecule has 5 heteroatoms. The third kappa shape index (κ3) is 4.20. The zero-order valence-electron chi connectivity index (χ0n) is 11.0. The van der Waals surface area contributed by atoms with E-state index in [1.807, 2.05) is 19.1 Å². The Morgan fingerprint density at radius 3 is 2.78 bits per heavy atom. The number of hydrogen-bond acceptors (Lipinski definition) is 3. The molecule has 0 aromatic heterocycles. The quantitative estimate of drug-likeness (QED) is 0.824. The van der Waals surface area contributed by atoms with Crippen molar-refractivity contribution >= 4 is 17.5 Å². The van der Waals surface area contributed by atoms with E-state index in [4.69, 9.17) is 16.3 Å². The summed E-state index contributed by atoms with van der Waals surface area (Å²) < 4.78 is 5.30. The molecule has 0 spiro atoms. The van der Waals surface area contributed by atoms with Gasteiger partial charge in [-0.2, -0.15) is 0 Å². The molecule has 1 aromatic carbocycles. The molecule has 0 saturated heterocycles. The molecule has 1 aromatic rings. The number of methoxy groups -OCH3 is 1. The Kier molecular flexibility index (Phi) is 5.95. The molecule has 0 bridgehead atoms. The van der Waals surface area contributed by atoms with Crippen molar-refractivity contribution in [1.82, 2.24) is 10.6 Å². The van der Waals surface area contributed by atoms with Gasteiger partial charge in [0.1, 0.15) is 5.75 Å². The summed E-state index contributed by atoms with van der Waals surface area (Å²) in [4.78, 5) is 11.3. The number of nitrogens with one attached hydrogen (secondary N) is 2. The summed E-state index contributed by atoms with van der Waals surface area (Å²) in [6.07, 6.45) is 0.693. The van der Waals surface area contributed by atoms with Gasteiger partial charge in [-0.3, -0.25) is 4.79 Å².